The number of carbonyl (C=O) groups excluding carboxylic acids is 1. The van der Waals surface area contributed by atoms with Crippen molar-refractivity contribution >= 4 is 5.78 Å². The molecule has 1 fully saturated rings. The fraction of sp³-hybridized carbons (Fsp3) is 0.562. The second kappa shape index (κ2) is 5.66. The zero-order valence-electron chi connectivity index (χ0n) is 11.6. The molecule has 1 aromatic rings. The van der Waals surface area contributed by atoms with Gasteiger partial charge in [0.2, 0.25) is 0 Å². The van der Waals surface area contributed by atoms with Gasteiger partial charge in [0.15, 0.2) is 0 Å². The highest BCUT2D eigenvalue weighted by Crippen LogP contribution is 2.28. The quantitative estimate of drug-likeness (QED) is 0.835. The lowest BCUT2D eigenvalue weighted by Crippen LogP contribution is -2.27. The lowest BCUT2D eigenvalue weighted by atomic mass is 9.92. The van der Waals surface area contributed by atoms with Crippen molar-refractivity contribution in [3.63, 3.8) is 0 Å². The minimum atomic E-state index is 0.00282. The van der Waals surface area contributed by atoms with Crippen molar-refractivity contribution in [1.29, 1.82) is 0 Å². The molecule has 1 aliphatic rings. The number of aryl methyl sites for hydroxylation is 2. The summed E-state index contributed by atoms with van der Waals surface area (Å²) in [5, 5.41) is 3.44. The maximum atomic E-state index is 11.8. The third kappa shape index (κ3) is 3.42. The smallest absolute Gasteiger partial charge is 0.138 e. The monoisotopic (exact) mass is 245 g/mol. The van der Waals surface area contributed by atoms with Gasteiger partial charge in [-0.15, -0.1) is 0 Å². The number of hydrogen-bond donors (Lipinski definition) is 1. The van der Waals surface area contributed by atoms with Gasteiger partial charge in [-0.3, -0.25) is 4.79 Å². The Labute approximate surface area is 110 Å². The Kier molecular flexibility index (Phi) is 4.18. The minimum Gasteiger partial charge on any atom is -0.315 e. The van der Waals surface area contributed by atoms with Crippen LogP contribution in [0.4, 0.5) is 0 Å². The van der Waals surface area contributed by atoms with Crippen molar-refractivity contribution in [3.8, 4) is 0 Å². The van der Waals surface area contributed by atoms with Crippen molar-refractivity contribution < 1.29 is 4.79 Å². The summed E-state index contributed by atoms with van der Waals surface area (Å²) in [4.78, 5) is 11.8. The average molecular weight is 245 g/mol. The predicted octanol–water partition coefficient (Wildman–Crippen LogP) is 2.98. The van der Waals surface area contributed by atoms with Crippen molar-refractivity contribution in [3.05, 3.63) is 34.9 Å². The number of benzene rings is 1. The second-order valence-electron chi connectivity index (χ2n) is 5.61. The van der Waals surface area contributed by atoms with Gasteiger partial charge in [0.25, 0.3) is 0 Å². The van der Waals surface area contributed by atoms with Crippen molar-refractivity contribution in [2.45, 2.75) is 39.5 Å². The molecule has 1 N–H and O–H groups in total. The van der Waals surface area contributed by atoms with Crippen LogP contribution in [0.5, 0.6) is 0 Å². The first-order valence-corrected chi connectivity index (χ1v) is 6.86. The van der Waals surface area contributed by atoms with Gasteiger partial charge in [-0.05, 0) is 62.8 Å². The van der Waals surface area contributed by atoms with E-state index in [1.165, 1.54) is 24.0 Å². The molecule has 1 atom stereocenters. The molecule has 0 unspecified atom stereocenters. The zero-order chi connectivity index (χ0) is 13.1. The summed E-state index contributed by atoms with van der Waals surface area (Å²) in [6.45, 7) is 7.74. The number of ketones is 1. The maximum Gasteiger partial charge on any atom is 0.138 e. The molecule has 0 aromatic heterocycles. The van der Waals surface area contributed by atoms with Gasteiger partial charge in [0, 0.05) is 6.54 Å². The summed E-state index contributed by atoms with van der Waals surface area (Å²) in [6.07, 6.45) is 2.70. The molecule has 98 valence electrons. The molecule has 0 heterocycles. The Morgan fingerprint density at radius 2 is 2.06 bits per heavy atom. The lowest BCUT2D eigenvalue weighted by molar-refractivity contribution is -0.118. The first kappa shape index (κ1) is 13.3. The van der Waals surface area contributed by atoms with E-state index < -0.39 is 0 Å². The van der Waals surface area contributed by atoms with Crippen LogP contribution in [-0.2, 0) is 4.79 Å². The molecular formula is C16H23NO. The summed E-state index contributed by atoms with van der Waals surface area (Å²) in [6, 6.07) is 6.36. The summed E-state index contributed by atoms with van der Waals surface area (Å²) in [5.41, 5.74) is 3.70. The van der Waals surface area contributed by atoms with Gasteiger partial charge in [0.05, 0.1) is 5.92 Å². The van der Waals surface area contributed by atoms with E-state index in [1.54, 1.807) is 6.92 Å². The normalized spacial score (nSPS) is 16.6. The van der Waals surface area contributed by atoms with Gasteiger partial charge in [-0.1, -0.05) is 18.2 Å². The van der Waals surface area contributed by atoms with Crippen LogP contribution in [-0.4, -0.2) is 18.9 Å². The van der Waals surface area contributed by atoms with E-state index in [4.69, 9.17) is 0 Å². The Hall–Kier alpha value is -1.15. The van der Waals surface area contributed by atoms with E-state index in [0.717, 1.165) is 24.6 Å². The SMILES string of the molecule is CC(=O)[C@H](CNCC1CC1)c1ccc(C)c(C)c1. The number of nitrogens with one attached hydrogen (secondary N) is 1. The highest BCUT2D eigenvalue weighted by Gasteiger charge is 2.22. The zero-order valence-corrected chi connectivity index (χ0v) is 11.6. The van der Waals surface area contributed by atoms with Crippen LogP contribution in [0.25, 0.3) is 0 Å². The molecule has 0 saturated heterocycles. The van der Waals surface area contributed by atoms with Crippen molar-refractivity contribution in [1.82, 2.24) is 5.32 Å². The molecule has 0 amide bonds. The second-order valence-corrected chi connectivity index (χ2v) is 5.61. The van der Waals surface area contributed by atoms with Crippen molar-refractivity contribution in [2.24, 2.45) is 5.92 Å². The Morgan fingerprint density at radius 3 is 2.61 bits per heavy atom. The van der Waals surface area contributed by atoms with E-state index in [9.17, 15) is 4.79 Å². The van der Waals surface area contributed by atoms with Gasteiger partial charge in [0.1, 0.15) is 5.78 Å². The van der Waals surface area contributed by atoms with E-state index in [-0.39, 0.29) is 11.7 Å². The van der Waals surface area contributed by atoms with Crippen LogP contribution < -0.4 is 5.32 Å². The maximum absolute atomic E-state index is 11.8. The van der Waals surface area contributed by atoms with E-state index in [0.29, 0.717) is 0 Å². The van der Waals surface area contributed by atoms with Crippen LogP contribution in [0.2, 0.25) is 0 Å². The highest BCUT2D eigenvalue weighted by molar-refractivity contribution is 5.83. The van der Waals surface area contributed by atoms with E-state index in [2.05, 4.69) is 37.4 Å². The average Bonchev–Trinajstić information content (AvgIpc) is 3.12. The summed E-state index contributed by atoms with van der Waals surface area (Å²) in [7, 11) is 0. The molecule has 0 radical (unpaired) electrons. The third-order valence-corrected chi connectivity index (χ3v) is 3.90. The first-order valence-electron chi connectivity index (χ1n) is 6.86. The summed E-state index contributed by atoms with van der Waals surface area (Å²) < 4.78 is 0. The minimum absolute atomic E-state index is 0.00282. The fourth-order valence-corrected chi connectivity index (χ4v) is 2.23. The number of carbonyl (C=O) groups is 1. The molecular weight excluding hydrogens is 222 g/mol. The Morgan fingerprint density at radius 1 is 1.33 bits per heavy atom. The van der Waals surface area contributed by atoms with Crippen LogP contribution >= 0.6 is 0 Å². The van der Waals surface area contributed by atoms with E-state index in [1.807, 2.05) is 0 Å². The largest absolute Gasteiger partial charge is 0.315 e. The molecule has 1 aromatic carbocycles. The molecule has 0 aliphatic heterocycles. The first-order chi connectivity index (χ1) is 8.58. The standard InChI is InChI=1S/C16H23NO/c1-11-4-7-15(8-12(11)2)16(13(3)18)10-17-9-14-5-6-14/h4,7-8,14,16-17H,5-6,9-10H2,1-3H3/t16-/m0/s1. The highest BCUT2D eigenvalue weighted by atomic mass is 16.1. The summed E-state index contributed by atoms with van der Waals surface area (Å²) in [5.74, 6) is 1.11. The van der Waals surface area contributed by atoms with Crippen LogP contribution in [0, 0.1) is 19.8 Å². The van der Waals surface area contributed by atoms with Gasteiger partial charge in [-0.2, -0.15) is 0 Å². The molecule has 1 saturated carbocycles. The molecule has 2 rings (SSSR count). The van der Waals surface area contributed by atoms with Gasteiger partial charge >= 0.3 is 0 Å². The molecule has 2 nitrogen and oxygen atoms in total. The number of Topliss-reactive ketones (excluding diaryl/α,β-unsaturated/α-hetero) is 1. The Balaban J connectivity index is 2.02. The van der Waals surface area contributed by atoms with Crippen LogP contribution in [0.3, 0.4) is 0 Å². The van der Waals surface area contributed by atoms with E-state index >= 15 is 0 Å². The number of rotatable bonds is 6. The van der Waals surface area contributed by atoms with Crippen molar-refractivity contribution in [2.75, 3.05) is 13.1 Å². The summed E-state index contributed by atoms with van der Waals surface area (Å²) >= 11 is 0. The van der Waals surface area contributed by atoms with Crippen LogP contribution in [0.15, 0.2) is 18.2 Å². The molecule has 2 heteroatoms. The topological polar surface area (TPSA) is 29.1 Å². The fourth-order valence-electron chi connectivity index (χ4n) is 2.23. The molecule has 0 spiro atoms. The third-order valence-electron chi connectivity index (χ3n) is 3.90. The molecule has 18 heavy (non-hydrogen) atoms. The number of hydrogen-bond acceptors (Lipinski definition) is 2. The molecule has 0 bridgehead atoms. The Bertz CT molecular complexity index is 435. The van der Waals surface area contributed by atoms with Crippen LogP contribution in [0.1, 0.15) is 42.4 Å². The van der Waals surface area contributed by atoms with Gasteiger partial charge in [-0.25, -0.2) is 0 Å². The molecule has 1 aliphatic carbocycles. The lowest BCUT2D eigenvalue weighted by Gasteiger charge is -2.16. The predicted molar refractivity (Wildman–Crippen MR) is 74.9 cm³/mol. The van der Waals surface area contributed by atoms with Gasteiger partial charge < -0.3 is 5.32 Å².